The molecule has 0 saturated carbocycles. The summed E-state index contributed by atoms with van der Waals surface area (Å²) in [5, 5.41) is 11.1. The van der Waals surface area contributed by atoms with Gasteiger partial charge < -0.3 is 10.0 Å². The first-order valence-electron chi connectivity index (χ1n) is 7.82. The fourth-order valence-electron chi connectivity index (χ4n) is 3.56. The fraction of sp³-hybridized carbons (Fsp3) is 0.688. The molecule has 0 radical (unpaired) electrons. The number of amides is 1. The van der Waals surface area contributed by atoms with Gasteiger partial charge in [-0.05, 0) is 56.9 Å². The fourth-order valence-corrected chi connectivity index (χ4v) is 4.68. The normalized spacial score (nSPS) is 22.1. The predicted molar refractivity (Wildman–Crippen MR) is 81.3 cm³/mol. The lowest BCUT2D eigenvalue weighted by Gasteiger charge is -2.25. The zero-order valence-electron chi connectivity index (χ0n) is 11.9. The lowest BCUT2D eigenvalue weighted by atomic mass is 9.95. The van der Waals surface area contributed by atoms with Crippen LogP contribution < -0.4 is 0 Å². The molecular weight excluding hydrogens is 270 g/mol. The summed E-state index contributed by atoms with van der Waals surface area (Å²) >= 11 is 1.77. The molecule has 3 rings (SSSR count). The van der Waals surface area contributed by atoms with E-state index in [2.05, 4.69) is 10.3 Å². The highest BCUT2D eigenvalue weighted by Crippen LogP contribution is 2.32. The zero-order valence-corrected chi connectivity index (χ0v) is 12.8. The van der Waals surface area contributed by atoms with Gasteiger partial charge in [0.25, 0.3) is 5.91 Å². The van der Waals surface area contributed by atoms with Crippen LogP contribution in [0, 0.1) is 0 Å². The standard InChI is InChI=1S/C16H23NO2S/c18-10-4-6-12-5-3-9-17(12)16(19)14-11-20-15-8-2-1-7-13(14)15/h11-12,18H,1-10H2. The summed E-state index contributed by atoms with van der Waals surface area (Å²) in [5.74, 6) is 0.241. The smallest absolute Gasteiger partial charge is 0.255 e. The number of fused-ring (bicyclic) bond motifs is 1. The zero-order chi connectivity index (χ0) is 13.9. The predicted octanol–water partition coefficient (Wildman–Crippen LogP) is 3.00. The monoisotopic (exact) mass is 293 g/mol. The highest BCUT2D eigenvalue weighted by molar-refractivity contribution is 7.10. The van der Waals surface area contributed by atoms with Crippen LogP contribution in [0.2, 0.25) is 0 Å². The first-order chi connectivity index (χ1) is 9.81. The first kappa shape index (κ1) is 14.1. The number of aliphatic hydroxyl groups is 1. The van der Waals surface area contributed by atoms with E-state index in [1.807, 2.05) is 0 Å². The molecule has 0 bridgehead atoms. The Morgan fingerprint density at radius 1 is 1.35 bits per heavy atom. The van der Waals surface area contributed by atoms with Gasteiger partial charge >= 0.3 is 0 Å². The molecule has 3 nitrogen and oxygen atoms in total. The van der Waals surface area contributed by atoms with E-state index in [1.165, 1.54) is 23.3 Å². The van der Waals surface area contributed by atoms with E-state index in [9.17, 15) is 4.79 Å². The number of carbonyl (C=O) groups is 1. The van der Waals surface area contributed by atoms with Crippen molar-refractivity contribution in [1.82, 2.24) is 4.90 Å². The number of thiophene rings is 1. The van der Waals surface area contributed by atoms with Crippen LogP contribution in [-0.2, 0) is 12.8 Å². The molecule has 1 saturated heterocycles. The van der Waals surface area contributed by atoms with Crippen molar-refractivity contribution in [1.29, 1.82) is 0 Å². The summed E-state index contributed by atoms with van der Waals surface area (Å²) < 4.78 is 0. The maximum absolute atomic E-state index is 12.8. The second kappa shape index (κ2) is 6.27. The lowest BCUT2D eigenvalue weighted by Crippen LogP contribution is -2.36. The Morgan fingerprint density at radius 3 is 3.05 bits per heavy atom. The molecule has 1 atom stereocenters. The molecule has 1 N–H and O–H groups in total. The Hall–Kier alpha value is -0.870. The van der Waals surface area contributed by atoms with Gasteiger partial charge in [0.05, 0.1) is 5.56 Å². The Kier molecular flexibility index (Phi) is 4.41. The third kappa shape index (κ3) is 2.63. The van der Waals surface area contributed by atoms with E-state index in [4.69, 9.17) is 5.11 Å². The van der Waals surface area contributed by atoms with Gasteiger partial charge in [-0.1, -0.05) is 0 Å². The van der Waals surface area contributed by atoms with Crippen LogP contribution in [0.25, 0.3) is 0 Å². The number of aryl methyl sites for hydroxylation is 1. The maximum atomic E-state index is 12.8. The lowest BCUT2D eigenvalue weighted by molar-refractivity contribution is 0.0723. The second-order valence-corrected chi connectivity index (χ2v) is 6.88. The molecule has 2 aliphatic rings. The molecule has 1 aliphatic carbocycles. The number of aliphatic hydroxyl groups excluding tert-OH is 1. The average molecular weight is 293 g/mol. The van der Waals surface area contributed by atoms with E-state index >= 15 is 0 Å². The summed E-state index contributed by atoms with van der Waals surface area (Å²) in [4.78, 5) is 16.3. The Bertz CT molecular complexity index is 483. The van der Waals surface area contributed by atoms with E-state index in [0.717, 1.165) is 50.6 Å². The summed E-state index contributed by atoms with van der Waals surface area (Å²) in [7, 11) is 0. The minimum atomic E-state index is 0.229. The van der Waals surface area contributed by atoms with Crippen LogP contribution in [-0.4, -0.2) is 35.1 Å². The number of hydrogen-bond acceptors (Lipinski definition) is 3. The minimum absolute atomic E-state index is 0.229. The van der Waals surface area contributed by atoms with Gasteiger partial charge in [-0.2, -0.15) is 0 Å². The van der Waals surface area contributed by atoms with Crippen molar-refractivity contribution in [3.05, 3.63) is 21.4 Å². The molecule has 2 heterocycles. The summed E-state index contributed by atoms with van der Waals surface area (Å²) in [6.07, 6.45) is 8.66. The van der Waals surface area contributed by atoms with Crippen LogP contribution in [0.1, 0.15) is 59.3 Å². The van der Waals surface area contributed by atoms with Crippen molar-refractivity contribution in [2.24, 2.45) is 0 Å². The molecule has 110 valence electrons. The minimum Gasteiger partial charge on any atom is -0.396 e. The molecule has 4 heteroatoms. The van der Waals surface area contributed by atoms with Crippen molar-refractivity contribution in [2.75, 3.05) is 13.2 Å². The molecule has 1 aromatic heterocycles. The van der Waals surface area contributed by atoms with Crippen molar-refractivity contribution in [3.8, 4) is 0 Å². The molecule has 1 fully saturated rings. The van der Waals surface area contributed by atoms with E-state index in [1.54, 1.807) is 11.3 Å². The van der Waals surface area contributed by atoms with Crippen molar-refractivity contribution in [3.63, 3.8) is 0 Å². The van der Waals surface area contributed by atoms with Gasteiger partial charge in [0.1, 0.15) is 0 Å². The van der Waals surface area contributed by atoms with Gasteiger partial charge in [-0.3, -0.25) is 4.79 Å². The molecule has 1 unspecified atom stereocenters. The molecule has 1 amide bonds. The third-order valence-electron chi connectivity index (χ3n) is 4.63. The quantitative estimate of drug-likeness (QED) is 0.927. The average Bonchev–Trinajstić information content (AvgIpc) is 3.11. The summed E-state index contributed by atoms with van der Waals surface area (Å²) in [6, 6.07) is 0.341. The van der Waals surface area contributed by atoms with Gasteiger partial charge in [0.2, 0.25) is 0 Å². The molecular formula is C16H23NO2S. The summed E-state index contributed by atoms with van der Waals surface area (Å²) in [6.45, 7) is 1.12. The van der Waals surface area contributed by atoms with Crippen LogP contribution in [0.4, 0.5) is 0 Å². The van der Waals surface area contributed by atoms with Crippen LogP contribution in [0.3, 0.4) is 0 Å². The highest BCUT2D eigenvalue weighted by atomic mass is 32.1. The summed E-state index contributed by atoms with van der Waals surface area (Å²) in [5.41, 5.74) is 2.31. The van der Waals surface area contributed by atoms with E-state index < -0.39 is 0 Å². The molecule has 1 aromatic rings. The topological polar surface area (TPSA) is 40.5 Å². The molecule has 20 heavy (non-hydrogen) atoms. The third-order valence-corrected chi connectivity index (χ3v) is 5.71. The number of rotatable bonds is 4. The van der Waals surface area contributed by atoms with Crippen LogP contribution in [0.15, 0.2) is 5.38 Å². The largest absolute Gasteiger partial charge is 0.396 e. The number of hydrogen-bond donors (Lipinski definition) is 1. The Labute approximate surface area is 124 Å². The van der Waals surface area contributed by atoms with Gasteiger partial charge in [0.15, 0.2) is 0 Å². The van der Waals surface area contributed by atoms with Crippen molar-refractivity contribution >= 4 is 17.2 Å². The van der Waals surface area contributed by atoms with E-state index in [0.29, 0.717) is 6.04 Å². The molecule has 0 spiro atoms. The SMILES string of the molecule is O=C(c1csc2c1CCCC2)N1CCCC1CCCO. The van der Waals surface area contributed by atoms with Crippen LogP contribution in [0.5, 0.6) is 0 Å². The van der Waals surface area contributed by atoms with Gasteiger partial charge in [-0.25, -0.2) is 0 Å². The maximum Gasteiger partial charge on any atom is 0.255 e. The van der Waals surface area contributed by atoms with Crippen LogP contribution >= 0.6 is 11.3 Å². The Morgan fingerprint density at radius 2 is 2.20 bits per heavy atom. The Balaban J connectivity index is 1.76. The van der Waals surface area contributed by atoms with Gasteiger partial charge in [0, 0.05) is 29.5 Å². The molecule has 0 aromatic carbocycles. The highest BCUT2D eigenvalue weighted by Gasteiger charge is 2.31. The number of nitrogens with zero attached hydrogens (tertiary/aromatic N) is 1. The van der Waals surface area contributed by atoms with Crippen molar-refractivity contribution in [2.45, 2.75) is 57.4 Å². The number of carbonyl (C=O) groups excluding carboxylic acids is 1. The van der Waals surface area contributed by atoms with E-state index in [-0.39, 0.29) is 12.5 Å². The molecule has 1 aliphatic heterocycles. The van der Waals surface area contributed by atoms with Gasteiger partial charge in [-0.15, -0.1) is 11.3 Å². The number of likely N-dealkylation sites (tertiary alicyclic amines) is 1. The first-order valence-corrected chi connectivity index (χ1v) is 8.70. The van der Waals surface area contributed by atoms with Crippen molar-refractivity contribution < 1.29 is 9.90 Å². The second-order valence-electron chi connectivity index (χ2n) is 5.92.